The molecule has 0 saturated carbocycles. The number of halogens is 1. The topological polar surface area (TPSA) is 80.6 Å². The SMILES string of the molecule is Cc1nn2ccc(CN)cc2c1-c1nc(Cc2ccc(Cl)cc2)c(C2=NCC=CN2)s1. The molecule has 5 rings (SSSR count). The smallest absolute Gasteiger partial charge is 0.144 e. The van der Waals surface area contributed by atoms with E-state index < -0.39 is 0 Å². The summed E-state index contributed by atoms with van der Waals surface area (Å²) in [5.74, 6) is 0.854. The number of fused-ring (bicyclic) bond motifs is 1. The van der Waals surface area contributed by atoms with Gasteiger partial charge in [-0.2, -0.15) is 5.10 Å². The fourth-order valence-corrected chi connectivity index (χ4v) is 4.96. The largest absolute Gasteiger partial charge is 0.346 e. The van der Waals surface area contributed by atoms with E-state index in [9.17, 15) is 0 Å². The van der Waals surface area contributed by atoms with Crippen molar-refractivity contribution in [3.05, 3.63) is 87.3 Å². The number of thiazole rings is 1. The summed E-state index contributed by atoms with van der Waals surface area (Å²) in [6.45, 7) is 3.16. The number of rotatable bonds is 5. The summed E-state index contributed by atoms with van der Waals surface area (Å²) in [5, 5.41) is 9.62. The molecule has 0 spiro atoms. The maximum Gasteiger partial charge on any atom is 0.144 e. The van der Waals surface area contributed by atoms with Crippen LogP contribution >= 0.6 is 22.9 Å². The second-order valence-electron chi connectivity index (χ2n) is 7.36. The van der Waals surface area contributed by atoms with Crippen LogP contribution in [0.2, 0.25) is 5.02 Å². The van der Waals surface area contributed by atoms with Crippen molar-refractivity contribution in [2.75, 3.05) is 6.54 Å². The summed E-state index contributed by atoms with van der Waals surface area (Å²) < 4.78 is 1.89. The Balaban J connectivity index is 1.64. The predicted octanol–water partition coefficient (Wildman–Crippen LogP) is 4.33. The summed E-state index contributed by atoms with van der Waals surface area (Å²) in [6.07, 6.45) is 6.57. The fourth-order valence-electron chi connectivity index (χ4n) is 3.68. The van der Waals surface area contributed by atoms with E-state index in [0.717, 1.165) is 54.3 Å². The van der Waals surface area contributed by atoms with E-state index in [2.05, 4.69) is 21.5 Å². The van der Waals surface area contributed by atoms with Crippen molar-refractivity contribution in [2.24, 2.45) is 10.7 Å². The third-order valence-corrected chi connectivity index (χ3v) is 6.59. The molecule has 3 N–H and O–H groups in total. The third-order valence-electron chi connectivity index (χ3n) is 5.21. The van der Waals surface area contributed by atoms with Crippen LogP contribution in [0.3, 0.4) is 0 Å². The van der Waals surface area contributed by atoms with E-state index in [0.29, 0.717) is 19.5 Å². The normalized spacial score (nSPS) is 13.5. The van der Waals surface area contributed by atoms with E-state index in [1.807, 2.05) is 60.2 Å². The number of hydrogen-bond donors (Lipinski definition) is 2. The highest BCUT2D eigenvalue weighted by molar-refractivity contribution is 7.17. The van der Waals surface area contributed by atoms with Crippen LogP contribution in [0.4, 0.5) is 0 Å². The van der Waals surface area contributed by atoms with Crippen LogP contribution in [0.5, 0.6) is 0 Å². The average molecular weight is 449 g/mol. The van der Waals surface area contributed by atoms with Gasteiger partial charge in [-0.15, -0.1) is 11.3 Å². The number of amidine groups is 1. The molecule has 0 bridgehead atoms. The van der Waals surface area contributed by atoms with E-state index in [-0.39, 0.29) is 0 Å². The van der Waals surface area contributed by atoms with Crippen molar-refractivity contribution in [1.82, 2.24) is 19.9 Å². The zero-order valence-corrected chi connectivity index (χ0v) is 18.5. The van der Waals surface area contributed by atoms with Crippen molar-refractivity contribution in [3.63, 3.8) is 0 Å². The van der Waals surface area contributed by atoms with Gasteiger partial charge in [0.1, 0.15) is 10.8 Å². The van der Waals surface area contributed by atoms with Gasteiger partial charge in [-0.3, -0.25) is 4.99 Å². The molecular formula is C23H21ClN6S. The van der Waals surface area contributed by atoms with E-state index in [1.54, 1.807) is 11.3 Å². The van der Waals surface area contributed by atoms with Crippen LogP contribution in [0.1, 0.15) is 27.4 Å². The molecule has 0 amide bonds. The number of aromatic nitrogens is 3. The summed E-state index contributed by atoms with van der Waals surface area (Å²) in [6, 6.07) is 12.0. The standard InChI is InChI=1S/C23H21ClN6S/c1-14-20(19-12-16(13-25)7-10-30(19)29-14)23-28-18(11-15-3-5-17(24)6-4-15)21(31-23)22-26-8-2-9-27-22/h2-8,10,12H,9,11,13,25H2,1H3,(H,26,27). The minimum absolute atomic E-state index is 0.484. The van der Waals surface area contributed by atoms with Gasteiger partial charge in [-0.05, 0) is 48.4 Å². The Morgan fingerprint density at radius 2 is 2.03 bits per heavy atom. The molecule has 0 aliphatic carbocycles. The molecule has 3 aromatic heterocycles. The minimum Gasteiger partial charge on any atom is -0.346 e. The van der Waals surface area contributed by atoms with Gasteiger partial charge < -0.3 is 11.1 Å². The molecule has 0 fully saturated rings. The zero-order valence-electron chi connectivity index (χ0n) is 17.0. The number of nitrogens with two attached hydrogens (primary N) is 1. The lowest BCUT2D eigenvalue weighted by Gasteiger charge is -2.09. The molecule has 0 unspecified atom stereocenters. The Labute approximate surface area is 189 Å². The van der Waals surface area contributed by atoms with Crippen LogP contribution in [0.15, 0.2) is 59.9 Å². The summed E-state index contributed by atoms with van der Waals surface area (Å²) >= 11 is 7.71. The van der Waals surface area contributed by atoms with Crippen molar-refractivity contribution >= 4 is 34.3 Å². The Kier molecular flexibility index (Phi) is 5.31. The molecule has 31 heavy (non-hydrogen) atoms. The quantitative estimate of drug-likeness (QED) is 0.476. The highest BCUT2D eigenvalue weighted by Crippen LogP contribution is 2.35. The molecule has 156 valence electrons. The highest BCUT2D eigenvalue weighted by Gasteiger charge is 2.22. The lowest BCUT2D eigenvalue weighted by molar-refractivity contribution is 0.924. The van der Waals surface area contributed by atoms with E-state index >= 15 is 0 Å². The number of hydrogen-bond acceptors (Lipinski definition) is 6. The molecule has 4 heterocycles. The Morgan fingerprint density at radius 3 is 2.77 bits per heavy atom. The lowest BCUT2D eigenvalue weighted by atomic mass is 10.1. The van der Waals surface area contributed by atoms with Crippen molar-refractivity contribution < 1.29 is 0 Å². The Bertz CT molecular complexity index is 1320. The van der Waals surface area contributed by atoms with Gasteiger partial charge in [0.05, 0.1) is 33.9 Å². The maximum atomic E-state index is 6.07. The second kappa shape index (κ2) is 8.26. The first-order valence-corrected chi connectivity index (χ1v) is 11.2. The maximum absolute atomic E-state index is 6.07. The van der Waals surface area contributed by atoms with Gasteiger partial charge in [0.25, 0.3) is 0 Å². The third kappa shape index (κ3) is 3.87. The van der Waals surface area contributed by atoms with Crippen LogP contribution in [0, 0.1) is 6.92 Å². The van der Waals surface area contributed by atoms with Crippen LogP contribution < -0.4 is 11.1 Å². The van der Waals surface area contributed by atoms with Crippen LogP contribution in [-0.4, -0.2) is 27.0 Å². The summed E-state index contributed by atoms with van der Waals surface area (Å²) in [5.41, 5.74) is 12.1. The average Bonchev–Trinajstić information content (AvgIpc) is 3.35. The number of nitrogens with zero attached hydrogens (tertiary/aromatic N) is 4. The molecule has 1 aliphatic heterocycles. The monoisotopic (exact) mass is 448 g/mol. The molecule has 0 saturated heterocycles. The zero-order chi connectivity index (χ0) is 21.4. The van der Waals surface area contributed by atoms with Gasteiger partial charge in [0.15, 0.2) is 0 Å². The van der Waals surface area contributed by atoms with Gasteiger partial charge >= 0.3 is 0 Å². The van der Waals surface area contributed by atoms with Crippen molar-refractivity contribution in [3.8, 4) is 10.6 Å². The van der Waals surface area contributed by atoms with Gasteiger partial charge in [0.2, 0.25) is 0 Å². The first-order chi connectivity index (χ1) is 15.1. The van der Waals surface area contributed by atoms with Gasteiger partial charge in [0, 0.05) is 30.4 Å². The lowest BCUT2D eigenvalue weighted by Crippen LogP contribution is -2.22. The van der Waals surface area contributed by atoms with Gasteiger partial charge in [-0.25, -0.2) is 9.50 Å². The molecule has 1 aliphatic rings. The molecule has 0 atom stereocenters. The number of pyridine rings is 1. The Morgan fingerprint density at radius 1 is 1.19 bits per heavy atom. The minimum atomic E-state index is 0.484. The fraction of sp³-hybridized carbons (Fsp3) is 0.174. The van der Waals surface area contributed by atoms with E-state index in [1.165, 1.54) is 0 Å². The van der Waals surface area contributed by atoms with E-state index in [4.69, 9.17) is 22.3 Å². The van der Waals surface area contributed by atoms with Crippen molar-refractivity contribution in [1.29, 1.82) is 0 Å². The summed E-state index contributed by atoms with van der Waals surface area (Å²) in [7, 11) is 0. The van der Waals surface area contributed by atoms with Crippen LogP contribution in [0.25, 0.3) is 16.1 Å². The highest BCUT2D eigenvalue weighted by atomic mass is 35.5. The molecule has 4 aromatic rings. The second-order valence-corrected chi connectivity index (χ2v) is 8.80. The Hall–Kier alpha value is -3.00. The van der Waals surface area contributed by atoms with Crippen LogP contribution in [-0.2, 0) is 13.0 Å². The number of aryl methyl sites for hydroxylation is 1. The first kappa shape index (κ1) is 19.9. The van der Waals surface area contributed by atoms with Gasteiger partial charge in [-0.1, -0.05) is 23.7 Å². The molecular weight excluding hydrogens is 428 g/mol. The molecule has 8 heteroatoms. The molecule has 1 aromatic carbocycles. The first-order valence-electron chi connectivity index (χ1n) is 10.0. The number of benzene rings is 1. The summed E-state index contributed by atoms with van der Waals surface area (Å²) in [4.78, 5) is 10.8. The predicted molar refractivity (Wildman–Crippen MR) is 127 cm³/mol. The van der Waals surface area contributed by atoms with Crippen molar-refractivity contribution in [2.45, 2.75) is 19.9 Å². The molecule has 6 nitrogen and oxygen atoms in total. The molecule has 0 radical (unpaired) electrons. The number of nitrogens with one attached hydrogen (secondary N) is 1. The number of aliphatic imine (C=N–C) groups is 1.